The molecule has 3 atom stereocenters. The summed E-state index contributed by atoms with van der Waals surface area (Å²) in [5, 5.41) is 6.11. The van der Waals surface area contributed by atoms with Crippen molar-refractivity contribution in [2.75, 3.05) is 20.2 Å². The molecule has 0 aromatic heterocycles. The van der Waals surface area contributed by atoms with E-state index < -0.39 is 42.2 Å². The number of amides is 5. The van der Waals surface area contributed by atoms with Crippen molar-refractivity contribution in [3.05, 3.63) is 35.9 Å². The predicted octanol–water partition coefficient (Wildman–Crippen LogP) is -0.231. The van der Waals surface area contributed by atoms with Crippen molar-refractivity contribution < 1.29 is 33.4 Å². The number of nitrogens with zero attached hydrogens (tertiary/aromatic N) is 3. The Morgan fingerprint density at radius 3 is 2.61 bits per heavy atom. The third-order valence-corrected chi connectivity index (χ3v) is 5.76. The Balaban J connectivity index is 1.53. The SMILES string of the molecule is COC1OC(=O)CC1NC(=O)[C@@H]1CCCN2C(=O)CCN(NC(=O)c3ccccc3)C(=O)N12. The maximum atomic E-state index is 13.4. The maximum Gasteiger partial charge on any atom is 0.358 e. The van der Waals surface area contributed by atoms with Crippen molar-refractivity contribution in [3.63, 3.8) is 0 Å². The fourth-order valence-electron chi connectivity index (χ4n) is 4.14. The fraction of sp³-hybridized carbons (Fsp3) is 0.476. The number of nitrogens with one attached hydrogen (secondary N) is 2. The van der Waals surface area contributed by atoms with E-state index in [0.717, 1.165) is 10.0 Å². The molecule has 3 aliphatic rings. The molecule has 5 amide bonds. The monoisotopic (exact) mass is 459 g/mol. The van der Waals surface area contributed by atoms with Crippen LogP contribution in [0.3, 0.4) is 0 Å². The van der Waals surface area contributed by atoms with E-state index in [1.54, 1.807) is 30.3 Å². The highest BCUT2D eigenvalue weighted by Crippen LogP contribution is 2.25. The van der Waals surface area contributed by atoms with Crippen LogP contribution in [0.25, 0.3) is 0 Å². The summed E-state index contributed by atoms with van der Waals surface area (Å²) in [7, 11) is 1.36. The van der Waals surface area contributed by atoms with Crippen molar-refractivity contribution in [1.82, 2.24) is 25.8 Å². The molecule has 2 N–H and O–H groups in total. The van der Waals surface area contributed by atoms with E-state index in [4.69, 9.17) is 9.47 Å². The molecule has 176 valence electrons. The Hall–Kier alpha value is -3.67. The van der Waals surface area contributed by atoms with Gasteiger partial charge in [-0.2, -0.15) is 0 Å². The minimum Gasteiger partial charge on any atom is -0.433 e. The second kappa shape index (κ2) is 9.45. The molecular weight excluding hydrogens is 434 g/mol. The van der Waals surface area contributed by atoms with Gasteiger partial charge in [0.25, 0.3) is 5.91 Å². The maximum absolute atomic E-state index is 13.4. The van der Waals surface area contributed by atoms with Crippen LogP contribution in [-0.2, 0) is 23.9 Å². The quantitative estimate of drug-likeness (QED) is 0.580. The summed E-state index contributed by atoms with van der Waals surface area (Å²) in [4.78, 5) is 63.4. The number of hydrogen-bond donors (Lipinski definition) is 2. The highest BCUT2D eigenvalue weighted by atomic mass is 16.7. The van der Waals surface area contributed by atoms with Gasteiger partial charge in [-0.15, -0.1) is 0 Å². The molecule has 1 aromatic carbocycles. The summed E-state index contributed by atoms with van der Waals surface area (Å²) in [6, 6.07) is 5.95. The van der Waals surface area contributed by atoms with E-state index >= 15 is 0 Å². The summed E-state index contributed by atoms with van der Waals surface area (Å²) in [6.07, 6.45) is -0.183. The van der Waals surface area contributed by atoms with Gasteiger partial charge in [0.2, 0.25) is 18.1 Å². The molecule has 3 fully saturated rings. The van der Waals surface area contributed by atoms with Crippen LogP contribution in [0.5, 0.6) is 0 Å². The van der Waals surface area contributed by atoms with Crippen LogP contribution in [0, 0.1) is 0 Å². The topological polar surface area (TPSA) is 138 Å². The first kappa shape index (κ1) is 22.5. The number of carbonyl (C=O) groups excluding carboxylic acids is 5. The first-order chi connectivity index (χ1) is 15.9. The van der Waals surface area contributed by atoms with Gasteiger partial charge in [0.05, 0.1) is 13.0 Å². The Kier molecular flexibility index (Phi) is 6.45. The van der Waals surface area contributed by atoms with Crippen molar-refractivity contribution in [3.8, 4) is 0 Å². The first-order valence-corrected chi connectivity index (χ1v) is 10.7. The zero-order chi connectivity index (χ0) is 23.5. The number of esters is 1. The van der Waals surface area contributed by atoms with E-state index in [1.165, 1.54) is 12.1 Å². The Morgan fingerprint density at radius 2 is 1.88 bits per heavy atom. The largest absolute Gasteiger partial charge is 0.433 e. The summed E-state index contributed by atoms with van der Waals surface area (Å²) in [5.41, 5.74) is 2.89. The first-order valence-electron chi connectivity index (χ1n) is 10.7. The molecule has 0 radical (unpaired) electrons. The molecule has 12 heteroatoms. The van der Waals surface area contributed by atoms with Gasteiger partial charge >= 0.3 is 12.0 Å². The lowest BCUT2D eigenvalue weighted by Crippen LogP contribution is -2.65. The van der Waals surface area contributed by atoms with Crippen LogP contribution in [0.2, 0.25) is 0 Å². The number of ether oxygens (including phenoxy) is 2. The van der Waals surface area contributed by atoms with E-state index in [9.17, 15) is 24.0 Å². The second-order valence-corrected chi connectivity index (χ2v) is 7.92. The van der Waals surface area contributed by atoms with Gasteiger partial charge in [-0.1, -0.05) is 18.2 Å². The highest BCUT2D eigenvalue weighted by molar-refractivity contribution is 5.96. The fourth-order valence-corrected chi connectivity index (χ4v) is 4.14. The lowest BCUT2D eigenvalue weighted by Gasteiger charge is -2.43. The number of rotatable bonds is 5. The van der Waals surface area contributed by atoms with E-state index in [0.29, 0.717) is 18.4 Å². The van der Waals surface area contributed by atoms with Crippen LogP contribution in [0.15, 0.2) is 30.3 Å². The molecule has 4 rings (SSSR count). The number of benzene rings is 1. The minimum absolute atomic E-state index is 0.0115. The zero-order valence-electron chi connectivity index (χ0n) is 18.1. The third-order valence-electron chi connectivity index (χ3n) is 5.76. The molecule has 33 heavy (non-hydrogen) atoms. The third kappa shape index (κ3) is 4.60. The molecule has 3 heterocycles. The number of fused-ring (bicyclic) bond motifs is 1. The van der Waals surface area contributed by atoms with Crippen LogP contribution in [-0.4, -0.2) is 83.3 Å². The van der Waals surface area contributed by atoms with Gasteiger partial charge in [-0.25, -0.2) is 19.8 Å². The highest BCUT2D eigenvalue weighted by Gasteiger charge is 2.45. The van der Waals surface area contributed by atoms with Crippen molar-refractivity contribution in [2.24, 2.45) is 0 Å². The minimum atomic E-state index is -1.00. The van der Waals surface area contributed by atoms with Crippen LogP contribution >= 0.6 is 0 Å². The number of urea groups is 1. The Morgan fingerprint density at radius 1 is 1.12 bits per heavy atom. The standard InChI is InChI=1S/C21H25N5O7/c1-32-20-14(12-17(28)33-20)22-19(30)15-8-5-10-25-16(27)9-11-24(21(31)26(15)25)23-18(29)13-6-3-2-4-7-13/h2-4,6-7,14-15,20H,5,8-12H2,1H3,(H,22,30)(H,23,29)/t14?,15-,20?/m0/s1. The van der Waals surface area contributed by atoms with Gasteiger partial charge in [-0.3, -0.25) is 24.6 Å². The number of carbonyl (C=O) groups is 5. The van der Waals surface area contributed by atoms with Crippen molar-refractivity contribution >= 4 is 29.7 Å². The van der Waals surface area contributed by atoms with E-state index in [2.05, 4.69) is 10.7 Å². The summed E-state index contributed by atoms with van der Waals surface area (Å²) in [5.74, 6) is -1.88. The molecule has 1 aromatic rings. The summed E-state index contributed by atoms with van der Waals surface area (Å²) in [6.45, 7) is 0.245. The molecule has 0 saturated carbocycles. The Labute approximate surface area is 189 Å². The molecule has 3 saturated heterocycles. The van der Waals surface area contributed by atoms with Gasteiger partial charge in [0.15, 0.2) is 0 Å². The lowest BCUT2D eigenvalue weighted by atomic mass is 10.1. The van der Waals surface area contributed by atoms with Crippen LogP contribution in [0.1, 0.15) is 36.0 Å². The predicted molar refractivity (Wildman–Crippen MR) is 111 cm³/mol. The number of hydrazine groups is 2. The van der Waals surface area contributed by atoms with Crippen molar-refractivity contribution in [2.45, 2.75) is 44.1 Å². The van der Waals surface area contributed by atoms with Gasteiger partial charge < -0.3 is 14.8 Å². The Bertz CT molecular complexity index is 956. The smallest absolute Gasteiger partial charge is 0.358 e. The molecule has 2 unspecified atom stereocenters. The van der Waals surface area contributed by atoms with E-state index in [1.807, 2.05) is 0 Å². The molecule has 12 nitrogen and oxygen atoms in total. The van der Waals surface area contributed by atoms with Gasteiger partial charge in [-0.05, 0) is 25.0 Å². The van der Waals surface area contributed by atoms with E-state index in [-0.39, 0.29) is 31.8 Å². The average Bonchev–Trinajstić information content (AvgIpc) is 3.14. The number of cyclic esters (lactones) is 1. The van der Waals surface area contributed by atoms with Crippen molar-refractivity contribution in [1.29, 1.82) is 0 Å². The molecule has 0 bridgehead atoms. The van der Waals surface area contributed by atoms with Gasteiger partial charge in [0.1, 0.15) is 12.1 Å². The zero-order valence-corrected chi connectivity index (χ0v) is 18.1. The normalized spacial score (nSPS) is 25.3. The van der Waals surface area contributed by atoms with Gasteiger partial charge in [0, 0.05) is 25.6 Å². The number of methoxy groups -OCH3 is 1. The molecule has 0 spiro atoms. The summed E-state index contributed by atoms with van der Waals surface area (Å²) < 4.78 is 10.1. The average molecular weight is 459 g/mol. The molecule has 3 aliphatic heterocycles. The number of hydrogen-bond acceptors (Lipinski definition) is 7. The molecular formula is C21H25N5O7. The second-order valence-electron chi connectivity index (χ2n) is 7.92. The van der Waals surface area contributed by atoms with Crippen LogP contribution < -0.4 is 10.7 Å². The summed E-state index contributed by atoms with van der Waals surface area (Å²) >= 11 is 0. The van der Waals surface area contributed by atoms with Crippen LogP contribution in [0.4, 0.5) is 4.79 Å². The molecule has 0 aliphatic carbocycles. The lowest BCUT2D eigenvalue weighted by molar-refractivity contribution is -0.162.